The Morgan fingerprint density at radius 2 is 1.73 bits per heavy atom. The fraction of sp³-hybridized carbons (Fsp3) is 0.526. The van der Waals surface area contributed by atoms with Gasteiger partial charge in [-0.1, -0.05) is 53.1 Å². The maximum Gasteiger partial charge on any atom is 0.404 e. The molecule has 0 fully saturated rings. The van der Waals surface area contributed by atoms with E-state index in [1.165, 1.54) is 6.07 Å². The third-order valence-electron chi connectivity index (χ3n) is 5.49. The largest absolute Gasteiger partial charge is 0.445 e. The molecule has 0 unspecified atom stereocenters. The van der Waals surface area contributed by atoms with Crippen molar-refractivity contribution in [3.63, 3.8) is 0 Å². The van der Waals surface area contributed by atoms with Gasteiger partial charge in [-0.2, -0.15) is 0 Å². The lowest BCUT2D eigenvalue weighted by Crippen LogP contribution is -2.51. The SMILES string of the molecule is CC(C)[Si](C(C)C)(C(C)C)n1cc(Cl)c2cc(COC(N)=O)c(F)cc21. The molecule has 4 nitrogen and oxygen atoms in total. The fourth-order valence-electron chi connectivity index (χ4n) is 4.67. The van der Waals surface area contributed by atoms with Crippen molar-refractivity contribution in [1.29, 1.82) is 0 Å². The monoisotopic (exact) mass is 398 g/mol. The normalized spacial score (nSPS) is 12.6. The molecule has 2 N–H and O–H groups in total. The second-order valence-electron chi connectivity index (χ2n) is 7.77. The van der Waals surface area contributed by atoms with Gasteiger partial charge in [-0.15, -0.1) is 0 Å². The second kappa shape index (κ2) is 7.60. The van der Waals surface area contributed by atoms with E-state index < -0.39 is 20.1 Å². The van der Waals surface area contributed by atoms with E-state index in [0.29, 0.717) is 21.6 Å². The van der Waals surface area contributed by atoms with Gasteiger partial charge in [0.25, 0.3) is 0 Å². The zero-order valence-corrected chi connectivity index (χ0v) is 18.0. The summed E-state index contributed by atoms with van der Waals surface area (Å²) in [6.07, 6.45) is 1.02. The van der Waals surface area contributed by atoms with Crippen LogP contribution in [0.4, 0.5) is 9.18 Å². The summed E-state index contributed by atoms with van der Waals surface area (Å²) < 4.78 is 21.7. The van der Waals surface area contributed by atoms with Gasteiger partial charge in [-0.3, -0.25) is 0 Å². The lowest BCUT2D eigenvalue weighted by molar-refractivity contribution is 0.149. The lowest BCUT2D eigenvalue weighted by atomic mass is 10.1. The smallest absolute Gasteiger partial charge is 0.404 e. The number of fused-ring (bicyclic) bond motifs is 1. The number of carbonyl (C=O) groups excluding carboxylic acids is 1. The van der Waals surface area contributed by atoms with Crippen LogP contribution in [0.5, 0.6) is 0 Å². The van der Waals surface area contributed by atoms with Crippen molar-refractivity contribution in [2.24, 2.45) is 5.73 Å². The first-order chi connectivity index (χ1) is 12.0. The molecule has 1 amide bonds. The van der Waals surface area contributed by atoms with E-state index in [1.807, 2.05) is 6.20 Å². The van der Waals surface area contributed by atoms with E-state index in [4.69, 9.17) is 22.1 Å². The minimum atomic E-state index is -2.06. The number of rotatable bonds is 6. The number of ether oxygens (including phenoxy) is 1. The third-order valence-corrected chi connectivity index (χ3v) is 12.5. The van der Waals surface area contributed by atoms with E-state index in [2.05, 4.69) is 45.8 Å². The van der Waals surface area contributed by atoms with Gasteiger partial charge in [0.1, 0.15) is 12.4 Å². The molecule has 2 rings (SSSR count). The van der Waals surface area contributed by atoms with Gasteiger partial charge >= 0.3 is 6.09 Å². The molecular formula is C19H28ClFN2O2Si. The Bertz CT molecular complexity index is 796. The molecule has 1 heterocycles. The summed E-state index contributed by atoms with van der Waals surface area (Å²) in [6.45, 7) is 13.3. The highest BCUT2D eigenvalue weighted by atomic mass is 35.5. The van der Waals surface area contributed by atoms with Crippen molar-refractivity contribution in [3.05, 3.63) is 34.7 Å². The van der Waals surface area contributed by atoms with Crippen LogP contribution in [-0.2, 0) is 11.3 Å². The predicted octanol–water partition coefficient (Wildman–Crippen LogP) is 6.05. The first-order valence-electron chi connectivity index (χ1n) is 8.95. The molecular weight excluding hydrogens is 371 g/mol. The zero-order chi connectivity index (χ0) is 19.8. The number of amides is 1. The number of benzene rings is 1. The summed E-state index contributed by atoms with van der Waals surface area (Å²) in [7, 11) is -2.06. The molecule has 0 atom stereocenters. The number of carbonyl (C=O) groups is 1. The van der Waals surface area contributed by atoms with Crippen LogP contribution in [0.1, 0.15) is 47.1 Å². The average molecular weight is 399 g/mol. The lowest BCUT2D eigenvalue weighted by Gasteiger charge is -2.44. The molecule has 0 radical (unpaired) electrons. The molecule has 0 aliphatic heterocycles. The molecule has 1 aromatic heterocycles. The van der Waals surface area contributed by atoms with Crippen LogP contribution in [-0.4, -0.2) is 18.6 Å². The Hall–Kier alpha value is -1.53. The summed E-state index contributed by atoms with van der Waals surface area (Å²) in [5.74, 6) is -0.422. The minimum absolute atomic E-state index is 0.209. The Kier molecular flexibility index (Phi) is 6.08. The highest BCUT2D eigenvalue weighted by molar-refractivity contribution is 6.82. The maximum atomic E-state index is 14.7. The Labute approximate surface area is 160 Å². The summed E-state index contributed by atoms with van der Waals surface area (Å²) in [5.41, 5.74) is 7.42. The molecule has 7 heteroatoms. The molecule has 0 spiro atoms. The molecule has 0 saturated heterocycles. The third kappa shape index (κ3) is 3.37. The summed E-state index contributed by atoms with van der Waals surface area (Å²) in [4.78, 5) is 10.8. The molecule has 2 aromatic rings. The van der Waals surface area contributed by atoms with Crippen LogP contribution in [0.15, 0.2) is 18.3 Å². The van der Waals surface area contributed by atoms with Crippen molar-refractivity contribution in [2.45, 2.75) is 64.8 Å². The van der Waals surface area contributed by atoms with Crippen LogP contribution < -0.4 is 5.73 Å². The van der Waals surface area contributed by atoms with Gasteiger partial charge < -0.3 is 14.7 Å². The Morgan fingerprint density at radius 1 is 1.19 bits per heavy atom. The van der Waals surface area contributed by atoms with Crippen LogP contribution in [0.25, 0.3) is 10.9 Å². The number of nitrogens with zero attached hydrogens (tertiary/aromatic N) is 1. The Balaban J connectivity index is 2.73. The predicted molar refractivity (Wildman–Crippen MR) is 108 cm³/mol. The maximum absolute atomic E-state index is 14.7. The van der Waals surface area contributed by atoms with Crippen LogP contribution in [0.3, 0.4) is 0 Å². The van der Waals surface area contributed by atoms with Crippen LogP contribution >= 0.6 is 11.6 Å². The molecule has 144 valence electrons. The molecule has 26 heavy (non-hydrogen) atoms. The summed E-state index contributed by atoms with van der Waals surface area (Å²) >= 11 is 6.53. The van der Waals surface area contributed by atoms with Gasteiger partial charge in [-0.25, -0.2) is 9.18 Å². The van der Waals surface area contributed by atoms with Crippen LogP contribution in [0.2, 0.25) is 21.6 Å². The number of hydrogen-bond donors (Lipinski definition) is 1. The average Bonchev–Trinajstić information content (AvgIpc) is 2.81. The number of hydrogen-bond acceptors (Lipinski definition) is 2. The highest BCUT2D eigenvalue weighted by Crippen LogP contribution is 2.45. The van der Waals surface area contributed by atoms with Gasteiger partial charge in [-0.05, 0) is 28.8 Å². The van der Waals surface area contributed by atoms with E-state index in [1.54, 1.807) is 6.07 Å². The van der Waals surface area contributed by atoms with Gasteiger partial charge in [0.15, 0.2) is 8.24 Å². The number of halogens is 2. The minimum Gasteiger partial charge on any atom is -0.445 e. The number of primary amides is 1. The molecule has 1 aromatic carbocycles. The van der Waals surface area contributed by atoms with Gasteiger partial charge in [0.2, 0.25) is 0 Å². The van der Waals surface area contributed by atoms with Crippen molar-refractivity contribution >= 4 is 36.8 Å². The molecule has 0 saturated carbocycles. The first kappa shape index (κ1) is 20.8. The van der Waals surface area contributed by atoms with E-state index in [-0.39, 0.29) is 12.2 Å². The van der Waals surface area contributed by atoms with E-state index >= 15 is 0 Å². The molecule has 0 aliphatic carbocycles. The van der Waals surface area contributed by atoms with Gasteiger partial charge in [0.05, 0.1) is 5.02 Å². The number of aromatic nitrogens is 1. The topological polar surface area (TPSA) is 57.2 Å². The zero-order valence-electron chi connectivity index (χ0n) is 16.3. The van der Waals surface area contributed by atoms with Crippen LogP contribution in [0, 0.1) is 5.82 Å². The van der Waals surface area contributed by atoms with E-state index in [9.17, 15) is 9.18 Å². The van der Waals surface area contributed by atoms with Gasteiger partial charge in [0, 0.05) is 22.7 Å². The molecule has 0 aliphatic rings. The fourth-order valence-corrected chi connectivity index (χ4v) is 11.6. The molecule has 0 bridgehead atoms. The summed E-state index contributed by atoms with van der Waals surface area (Å²) in [5, 5.41) is 1.36. The second-order valence-corrected chi connectivity index (χ2v) is 13.9. The Morgan fingerprint density at radius 3 is 2.19 bits per heavy atom. The standard InChI is InChI=1S/C19H28ClFN2O2Si/c1-11(2)26(12(3)4,13(5)6)23-9-16(20)15-7-14(10-25-19(22)24)17(21)8-18(15)23/h7-9,11-13H,10H2,1-6H3,(H2,22,24). The highest BCUT2D eigenvalue weighted by Gasteiger charge is 2.46. The summed E-state index contributed by atoms with van der Waals surface area (Å²) in [6, 6.07) is 3.17. The first-order valence-corrected chi connectivity index (χ1v) is 11.5. The quantitative estimate of drug-likeness (QED) is 0.602. The number of nitrogens with two attached hydrogens (primary N) is 1. The van der Waals surface area contributed by atoms with E-state index in [0.717, 1.165) is 10.9 Å². The van der Waals surface area contributed by atoms with Crippen molar-refractivity contribution in [1.82, 2.24) is 4.23 Å². The van der Waals surface area contributed by atoms with Crippen molar-refractivity contribution < 1.29 is 13.9 Å². The van der Waals surface area contributed by atoms with Crippen molar-refractivity contribution in [2.75, 3.05) is 0 Å². The van der Waals surface area contributed by atoms with Crippen molar-refractivity contribution in [3.8, 4) is 0 Å².